The second-order valence-corrected chi connectivity index (χ2v) is 16.6. The quantitative estimate of drug-likeness (QED) is 0.559. The van der Waals surface area contributed by atoms with Gasteiger partial charge in [0.1, 0.15) is 0 Å². The standard InChI is InChI=1S/C17H26N2OSi2/c1-21(2,3)19(20-22(4,5)6)16-13-10-14-18-17(16)15-11-8-7-9-12-15/h7-14H,1-6H3. The molecule has 0 aliphatic rings. The molecule has 3 nitrogen and oxygen atoms in total. The molecule has 118 valence electrons. The highest BCUT2D eigenvalue weighted by atomic mass is 28.4. The number of anilines is 1. The first kappa shape index (κ1) is 16.9. The van der Waals surface area contributed by atoms with Gasteiger partial charge >= 0.3 is 0 Å². The van der Waals surface area contributed by atoms with Crippen LogP contribution in [0.4, 0.5) is 5.69 Å². The molecule has 1 aromatic carbocycles. The Kier molecular flexibility index (Phi) is 4.89. The number of benzene rings is 1. The van der Waals surface area contributed by atoms with E-state index >= 15 is 0 Å². The summed E-state index contributed by atoms with van der Waals surface area (Å²) in [4.78, 5) is 4.63. The van der Waals surface area contributed by atoms with Gasteiger partial charge in [-0.25, -0.2) is 0 Å². The van der Waals surface area contributed by atoms with E-state index in [9.17, 15) is 0 Å². The van der Waals surface area contributed by atoms with Crippen LogP contribution >= 0.6 is 0 Å². The second kappa shape index (κ2) is 6.36. The van der Waals surface area contributed by atoms with Gasteiger partial charge < -0.3 is 4.53 Å². The fraction of sp³-hybridized carbons (Fsp3) is 0.353. The molecule has 0 N–H and O–H groups in total. The third-order valence-corrected chi connectivity index (χ3v) is 5.49. The van der Waals surface area contributed by atoms with E-state index in [0.29, 0.717) is 0 Å². The monoisotopic (exact) mass is 330 g/mol. The van der Waals surface area contributed by atoms with Gasteiger partial charge in [-0.05, 0) is 51.4 Å². The summed E-state index contributed by atoms with van der Waals surface area (Å²) in [5, 5.41) is 0. The molecule has 0 radical (unpaired) electrons. The maximum Gasteiger partial charge on any atom is 0.219 e. The Labute approximate surface area is 136 Å². The molecule has 2 rings (SSSR count). The smallest absolute Gasteiger partial charge is 0.219 e. The van der Waals surface area contributed by atoms with E-state index in [1.165, 1.54) is 0 Å². The molecule has 0 aliphatic carbocycles. The largest absolute Gasteiger partial charge is 0.328 e. The Morgan fingerprint density at radius 1 is 0.864 bits per heavy atom. The molecule has 0 amide bonds. The number of hydrogen-bond donors (Lipinski definition) is 0. The summed E-state index contributed by atoms with van der Waals surface area (Å²) in [7, 11) is -3.40. The third-order valence-electron chi connectivity index (χ3n) is 3.03. The summed E-state index contributed by atoms with van der Waals surface area (Å²) in [5.41, 5.74) is 3.19. The molecule has 0 atom stereocenters. The summed E-state index contributed by atoms with van der Waals surface area (Å²) in [5.74, 6) is 0. The van der Waals surface area contributed by atoms with Crippen molar-refractivity contribution in [1.82, 2.24) is 4.98 Å². The number of rotatable bonds is 5. The lowest BCUT2D eigenvalue weighted by Crippen LogP contribution is -2.51. The van der Waals surface area contributed by atoms with Crippen molar-refractivity contribution in [3.8, 4) is 11.3 Å². The number of nitrogens with zero attached hydrogens (tertiary/aromatic N) is 2. The van der Waals surface area contributed by atoms with Crippen molar-refractivity contribution in [1.29, 1.82) is 0 Å². The minimum Gasteiger partial charge on any atom is -0.328 e. The van der Waals surface area contributed by atoms with Crippen LogP contribution < -0.4 is 4.73 Å². The van der Waals surface area contributed by atoms with Gasteiger partial charge in [-0.15, -0.1) is 0 Å². The van der Waals surface area contributed by atoms with Gasteiger partial charge in [0.25, 0.3) is 0 Å². The zero-order chi connectivity index (χ0) is 16.4. The highest BCUT2D eigenvalue weighted by molar-refractivity contribution is 6.81. The van der Waals surface area contributed by atoms with Crippen LogP contribution in [-0.2, 0) is 4.53 Å². The first-order valence-electron chi connectivity index (χ1n) is 7.68. The summed E-state index contributed by atoms with van der Waals surface area (Å²) in [6.07, 6.45) is 1.85. The molecule has 2 aromatic rings. The molecule has 0 saturated carbocycles. The molecule has 0 unspecified atom stereocenters. The number of hydrogen-bond acceptors (Lipinski definition) is 3. The Morgan fingerprint density at radius 2 is 1.50 bits per heavy atom. The second-order valence-electron chi connectivity index (χ2n) is 7.41. The van der Waals surface area contributed by atoms with Gasteiger partial charge in [-0.2, -0.15) is 0 Å². The molecule has 0 fully saturated rings. The maximum absolute atomic E-state index is 6.44. The van der Waals surface area contributed by atoms with Crippen molar-refractivity contribution < 1.29 is 4.53 Å². The molecule has 22 heavy (non-hydrogen) atoms. The zero-order valence-electron chi connectivity index (χ0n) is 14.4. The molecule has 1 heterocycles. The normalized spacial score (nSPS) is 12.3. The van der Waals surface area contributed by atoms with E-state index in [2.05, 4.69) is 67.2 Å². The highest BCUT2D eigenvalue weighted by Crippen LogP contribution is 2.33. The maximum atomic E-state index is 6.44. The topological polar surface area (TPSA) is 25.4 Å². The van der Waals surface area contributed by atoms with Crippen LogP contribution in [-0.4, -0.2) is 21.5 Å². The van der Waals surface area contributed by atoms with Gasteiger partial charge in [-0.1, -0.05) is 30.3 Å². The van der Waals surface area contributed by atoms with Crippen molar-refractivity contribution >= 4 is 22.2 Å². The van der Waals surface area contributed by atoms with Crippen molar-refractivity contribution in [2.75, 3.05) is 4.73 Å². The van der Waals surface area contributed by atoms with E-state index in [0.717, 1.165) is 16.9 Å². The Morgan fingerprint density at radius 3 is 2.05 bits per heavy atom. The third kappa shape index (κ3) is 4.28. The predicted molar refractivity (Wildman–Crippen MR) is 99.9 cm³/mol. The van der Waals surface area contributed by atoms with E-state index in [4.69, 9.17) is 4.53 Å². The van der Waals surface area contributed by atoms with E-state index in [1.54, 1.807) is 0 Å². The first-order valence-corrected chi connectivity index (χ1v) is 14.5. The van der Waals surface area contributed by atoms with Crippen LogP contribution in [0, 0.1) is 0 Å². The summed E-state index contributed by atoms with van der Waals surface area (Å²) >= 11 is 0. The average molecular weight is 331 g/mol. The number of pyridine rings is 1. The summed E-state index contributed by atoms with van der Waals surface area (Å²) in [6, 6.07) is 14.4. The van der Waals surface area contributed by atoms with E-state index in [1.807, 2.05) is 30.5 Å². The lowest BCUT2D eigenvalue weighted by molar-refractivity contribution is 0.330. The lowest BCUT2D eigenvalue weighted by Gasteiger charge is -2.40. The van der Waals surface area contributed by atoms with Gasteiger partial charge in [0, 0.05) is 11.8 Å². The van der Waals surface area contributed by atoms with Gasteiger partial charge in [-0.3, -0.25) is 9.71 Å². The molecule has 0 saturated heterocycles. The molecule has 0 spiro atoms. The summed E-state index contributed by atoms with van der Waals surface area (Å²) < 4.78 is 8.62. The van der Waals surface area contributed by atoms with Crippen molar-refractivity contribution in [2.24, 2.45) is 0 Å². The molecule has 0 aliphatic heterocycles. The Bertz CT molecular complexity index is 619. The van der Waals surface area contributed by atoms with Crippen LogP contribution in [0.3, 0.4) is 0 Å². The molecule has 0 bridgehead atoms. The van der Waals surface area contributed by atoms with Gasteiger partial charge in [0.15, 0.2) is 8.24 Å². The summed E-state index contributed by atoms with van der Waals surface area (Å²) in [6.45, 7) is 13.6. The van der Waals surface area contributed by atoms with Crippen molar-refractivity contribution in [3.63, 3.8) is 0 Å². The van der Waals surface area contributed by atoms with E-state index in [-0.39, 0.29) is 0 Å². The minimum atomic E-state index is -1.70. The Balaban J connectivity index is 2.54. The average Bonchev–Trinajstić information content (AvgIpc) is 2.44. The minimum absolute atomic E-state index is 0.990. The van der Waals surface area contributed by atoms with E-state index < -0.39 is 16.6 Å². The molecular formula is C17H26N2OSi2. The molecule has 5 heteroatoms. The van der Waals surface area contributed by atoms with Gasteiger partial charge in [0.2, 0.25) is 8.32 Å². The van der Waals surface area contributed by atoms with Crippen molar-refractivity contribution in [3.05, 3.63) is 48.7 Å². The van der Waals surface area contributed by atoms with Crippen LogP contribution in [0.5, 0.6) is 0 Å². The predicted octanol–water partition coefficient (Wildman–Crippen LogP) is 5.16. The lowest BCUT2D eigenvalue weighted by atomic mass is 10.1. The fourth-order valence-electron chi connectivity index (χ4n) is 2.20. The van der Waals surface area contributed by atoms with Crippen LogP contribution in [0.15, 0.2) is 48.7 Å². The Hall–Kier alpha value is -1.44. The zero-order valence-corrected chi connectivity index (χ0v) is 16.4. The van der Waals surface area contributed by atoms with Crippen LogP contribution in [0.2, 0.25) is 39.3 Å². The molecule has 1 aromatic heterocycles. The van der Waals surface area contributed by atoms with Crippen LogP contribution in [0.25, 0.3) is 11.3 Å². The van der Waals surface area contributed by atoms with Crippen molar-refractivity contribution in [2.45, 2.75) is 39.3 Å². The molecular weight excluding hydrogens is 304 g/mol. The SMILES string of the molecule is C[Si](C)(C)ON(c1cccnc1-c1ccccc1)[Si](C)(C)C. The highest BCUT2D eigenvalue weighted by Gasteiger charge is 2.32. The first-order chi connectivity index (χ1) is 10.2. The van der Waals surface area contributed by atoms with Crippen LogP contribution in [0.1, 0.15) is 0 Å². The fourth-order valence-corrected chi connectivity index (χ4v) is 5.67. The van der Waals surface area contributed by atoms with Gasteiger partial charge in [0.05, 0.1) is 11.4 Å². The number of aromatic nitrogens is 1.